The lowest BCUT2D eigenvalue weighted by Crippen LogP contribution is -2.55. The number of nitrogens with two attached hydrogens (primary N) is 1. The quantitative estimate of drug-likeness (QED) is 0.406. The number of rotatable bonds is 8. The second-order valence-corrected chi connectivity index (χ2v) is 10.8. The summed E-state index contributed by atoms with van der Waals surface area (Å²) < 4.78 is 11.1. The Kier molecular flexibility index (Phi) is 9.83. The van der Waals surface area contributed by atoms with E-state index in [2.05, 4.69) is 29.0 Å². The first-order chi connectivity index (χ1) is 16.2. The van der Waals surface area contributed by atoms with Gasteiger partial charge in [-0.05, 0) is 37.2 Å². The van der Waals surface area contributed by atoms with Gasteiger partial charge >= 0.3 is 0 Å². The molecule has 0 aliphatic carbocycles. The van der Waals surface area contributed by atoms with E-state index in [0.29, 0.717) is 33.9 Å². The number of methoxy groups -OCH3 is 2. The van der Waals surface area contributed by atoms with Gasteiger partial charge in [-0.1, -0.05) is 37.7 Å². The Balaban J connectivity index is 1.51. The lowest BCUT2D eigenvalue weighted by molar-refractivity contribution is -0.000291. The second-order valence-electron chi connectivity index (χ2n) is 9.90. The van der Waals surface area contributed by atoms with Gasteiger partial charge in [0.05, 0.1) is 40.5 Å². The number of benzene rings is 1. The van der Waals surface area contributed by atoms with Crippen molar-refractivity contribution in [3.8, 4) is 5.75 Å². The molecule has 3 rings (SSSR count). The maximum atomic E-state index is 13.0. The monoisotopic (exact) mass is 510 g/mol. The highest BCUT2D eigenvalue weighted by Crippen LogP contribution is 2.29. The van der Waals surface area contributed by atoms with Gasteiger partial charge in [-0.15, -0.1) is 0 Å². The van der Waals surface area contributed by atoms with Crippen molar-refractivity contribution in [2.75, 3.05) is 52.7 Å². The molecular weight excluding hydrogens is 472 g/mol. The van der Waals surface area contributed by atoms with Crippen molar-refractivity contribution in [1.29, 1.82) is 0 Å². The third kappa shape index (κ3) is 6.97. The number of ether oxygens (including phenoxy) is 2. The van der Waals surface area contributed by atoms with E-state index in [1.54, 1.807) is 19.2 Å². The molecule has 2 atom stereocenters. The van der Waals surface area contributed by atoms with Crippen LogP contribution < -0.4 is 15.8 Å². The first kappa shape index (κ1) is 27.0. The molecule has 2 fully saturated rings. The number of nitrogens with zero attached hydrogens (tertiary/aromatic N) is 2. The Labute approximate surface area is 214 Å². The van der Waals surface area contributed by atoms with Crippen molar-refractivity contribution < 1.29 is 14.3 Å². The minimum Gasteiger partial charge on any atom is -0.496 e. The zero-order valence-electron chi connectivity index (χ0n) is 20.8. The van der Waals surface area contributed by atoms with Crippen LogP contribution in [0.25, 0.3) is 0 Å². The van der Waals surface area contributed by atoms with E-state index in [1.165, 1.54) is 20.0 Å². The number of piperidine rings is 2. The third-order valence-electron chi connectivity index (χ3n) is 6.89. The molecule has 0 bridgehead atoms. The van der Waals surface area contributed by atoms with Gasteiger partial charge in [0.2, 0.25) is 0 Å². The van der Waals surface area contributed by atoms with Crippen LogP contribution in [-0.2, 0) is 4.74 Å². The molecule has 34 heavy (non-hydrogen) atoms. The molecule has 3 N–H and O–H groups in total. The molecule has 1 aromatic carbocycles. The largest absolute Gasteiger partial charge is 0.496 e. The summed E-state index contributed by atoms with van der Waals surface area (Å²) in [6.07, 6.45) is 4.09. The average molecular weight is 511 g/mol. The summed E-state index contributed by atoms with van der Waals surface area (Å²) in [6.45, 7) is 9.35. The number of hydrogen-bond acceptors (Lipinski definition) is 6. The van der Waals surface area contributed by atoms with E-state index in [0.717, 1.165) is 50.6 Å². The topological polar surface area (TPSA) is 80.1 Å². The highest BCUT2D eigenvalue weighted by Gasteiger charge is 2.33. The van der Waals surface area contributed by atoms with Crippen LogP contribution in [0.5, 0.6) is 5.75 Å². The molecule has 9 heteroatoms. The van der Waals surface area contributed by atoms with Crippen molar-refractivity contribution in [1.82, 2.24) is 15.1 Å². The molecule has 0 saturated carbocycles. The van der Waals surface area contributed by atoms with Crippen LogP contribution in [0.2, 0.25) is 5.02 Å². The fraction of sp³-hybridized carbons (Fsp3) is 0.680. The summed E-state index contributed by atoms with van der Waals surface area (Å²) in [5.74, 6) is 1.45. The standard InChI is InChI=1S/C25H39ClN4O3S/c1-16(2)11-24(34)30-9-5-17(6-10-30)14-29-8-7-21(23(15-29)33-4)28-25(31)18-12-19(26)20(27)13-22(18)32-3/h12-13,16-17,21,23H,5-11,14-15,27H2,1-4H3,(H,28,31). The van der Waals surface area contributed by atoms with Gasteiger partial charge in [0, 0.05) is 52.3 Å². The van der Waals surface area contributed by atoms with Gasteiger partial charge in [0.1, 0.15) is 5.75 Å². The predicted octanol–water partition coefficient (Wildman–Crippen LogP) is 3.84. The summed E-state index contributed by atoms with van der Waals surface area (Å²) in [6, 6.07) is 3.06. The molecule has 1 aromatic rings. The summed E-state index contributed by atoms with van der Waals surface area (Å²) >= 11 is 11.8. The molecule has 1 amide bonds. The molecule has 2 aliphatic rings. The molecule has 2 heterocycles. The SMILES string of the molecule is COc1cc(N)c(Cl)cc1C(=O)NC1CCN(CC2CCN(C(=S)CC(C)C)CC2)CC1OC. The fourth-order valence-corrected chi connectivity index (χ4v) is 5.60. The van der Waals surface area contributed by atoms with Gasteiger partial charge in [-0.2, -0.15) is 0 Å². The minimum absolute atomic E-state index is 0.0772. The van der Waals surface area contributed by atoms with Gasteiger partial charge in [-0.3, -0.25) is 4.79 Å². The molecular formula is C25H39ClN4O3S. The summed E-state index contributed by atoms with van der Waals surface area (Å²) in [5, 5.41) is 3.46. The Morgan fingerprint density at radius 3 is 2.56 bits per heavy atom. The minimum atomic E-state index is -0.232. The number of thiocarbonyl (C=S) groups is 1. The number of likely N-dealkylation sites (tertiary alicyclic amines) is 2. The average Bonchev–Trinajstić information content (AvgIpc) is 2.81. The maximum Gasteiger partial charge on any atom is 0.255 e. The number of anilines is 1. The molecule has 2 aliphatic heterocycles. The molecule has 2 saturated heterocycles. The Morgan fingerprint density at radius 2 is 1.94 bits per heavy atom. The third-order valence-corrected chi connectivity index (χ3v) is 7.64. The van der Waals surface area contributed by atoms with Crippen LogP contribution in [0.3, 0.4) is 0 Å². The van der Waals surface area contributed by atoms with E-state index in [1.807, 2.05) is 0 Å². The number of carbonyl (C=O) groups is 1. The van der Waals surface area contributed by atoms with Gasteiger partial charge in [-0.25, -0.2) is 0 Å². The lowest BCUT2D eigenvalue weighted by atomic mass is 9.93. The highest BCUT2D eigenvalue weighted by atomic mass is 35.5. The van der Waals surface area contributed by atoms with Crippen LogP contribution in [-0.4, -0.2) is 79.8 Å². The van der Waals surface area contributed by atoms with Crippen molar-refractivity contribution in [3.63, 3.8) is 0 Å². The van der Waals surface area contributed by atoms with Crippen molar-refractivity contribution in [2.24, 2.45) is 11.8 Å². The number of hydrogen-bond donors (Lipinski definition) is 2. The van der Waals surface area contributed by atoms with E-state index in [9.17, 15) is 4.79 Å². The van der Waals surface area contributed by atoms with Gasteiger partial charge in [0.15, 0.2) is 0 Å². The highest BCUT2D eigenvalue weighted by molar-refractivity contribution is 7.80. The number of halogens is 1. The number of amides is 1. The molecule has 0 spiro atoms. The Hall–Kier alpha value is -1.61. The zero-order chi connectivity index (χ0) is 24.8. The van der Waals surface area contributed by atoms with Gasteiger partial charge < -0.3 is 30.3 Å². The molecule has 190 valence electrons. The normalized spacial score (nSPS) is 22.1. The summed E-state index contributed by atoms with van der Waals surface area (Å²) in [4.78, 5) is 19.0. The Bertz CT molecular complexity index is 861. The first-order valence-corrected chi connectivity index (χ1v) is 13.0. The van der Waals surface area contributed by atoms with E-state index in [-0.39, 0.29) is 18.1 Å². The van der Waals surface area contributed by atoms with Crippen LogP contribution in [0, 0.1) is 11.8 Å². The van der Waals surface area contributed by atoms with Crippen LogP contribution in [0.15, 0.2) is 12.1 Å². The zero-order valence-corrected chi connectivity index (χ0v) is 22.4. The lowest BCUT2D eigenvalue weighted by Gasteiger charge is -2.41. The predicted molar refractivity (Wildman–Crippen MR) is 142 cm³/mol. The van der Waals surface area contributed by atoms with Crippen molar-refractivity contribution in [3.05, 3.63) is 22.7 Å². The first-order valence-electron chi connectivity index (χ1n) is 12.2. The summed E-state index contributed by atoms with van der Waals surface area (Å²) in [5.41, 5.74) is 6.60. The molecule has 2 unspecified atom stereocenters. The van der Waals surface area contributed by atoms with Gasteiger partial charge in [0.25, 0.3) is 5.91 Å². The van der Waals surface area contributed by atoms with Crippen LogP contribution >= 0.6 is 23.8 Å². The van der Waals surface area contributed by atoms with Crippen LogP contribution in [0.1, 0.15) is 49.9 Å². The smallest absolute Gasteiger partial charge is 0.255 e. The summed E-state index contributed by atoms with van der Waals surface area (Å²) in [7, 11) is 3.22. The number of nitrogens with one attached hydrogen (secondary N) is 1. The van der Waals surface area contributed by atoms with E-state index in [4.69, 9.17) is 39.0 Å². The molecule has 0 radical (unpaired) electrons. The molecule has 7 nitrogen and oxygen atoms in total. The van der Waals surface area contributed by atoms with Crippen molar-refractivity contribution >= 4 is 40.4 Å². The number of nitrogen functional groups attached to an aromatic ring is 1. The number of carbonyl (C=O) groups excluding carboxylic acids is 1. The fourth-order valence-electron chi connectivity index (χ4n) is 4.92. The van der Waals surface area contributed by atoms with E-state index < -0.39 is 0 Å². The maximum absolute atomic E-state index is 13.0. The van der Waals surface area contributed by atoms with E-state index >= 15 is 0 Å². The Morgan fingerprint density at radius 1 is 1.24 bits per heavy atom. The van der Waals surface area contributed by atoms with Crippen LogP contribution in [0.4, 0.5) is 5.69 Å². The van der Waals surface area contributed by atoms with Crippen molar-refractivity contribution in [2.45, 2.75) is 51.7 Å². The molecule has 0 aromatic heterocycles. The second kappa shape index (κ2) is 12.4.